The number of rotatable bonds is 11. The maximum Gasteiger partial charge on any atom is 0.324 e. The molecule has 33 heavy (non-hydrogen) atoms. The molecule has 1 saturated heterocycles. The number of carbonyl (C=O) groups excluding carboxylic acids is 1. The van der Waals surface area contributed by atoms with Gasteiger partial charge in [-0.25, -0.2) is 0 Å². The molecule has 180 valence electrons. The average molecular weight is 477 g/mol. The third-order valence-corrected chi connectivity index (χ3v) is 7.13. The van der Waals surface area contributed by atoms with E-state index in [-0.39, 0.29) is 13.2 Å². The molecule has 2 aromatic carbocycles. The van der Waals surface area contributed by atoms with E-state index < -0.39 is 22.2 Å². The molecule has 1 atom stereocenters. The van der Waals surface area contributed by atoms with Crippen LogP contribution in [0.1, 0.15) is 37.7 Å². The summed E-state index contributed by atoms with van der Waals surface area (Å²) in [5.74, 6) is 0.414. The minimum atomic E-state index is -3.98. The lowest BCUT2D eigenvalue weighted by molar-refractivity contribution is -0.149. The second-order valence-corrected chi connectivity index (χ2v) is 9.56. The molecule has 1 aliphatic heterocycles. The number of ether oxygens (including phenoxy) is 3. The van der Waals surface area contributed by atoms with Gasteiger partial charge in [0.1, 0.15) is 17.5 Å². The lowest BCUT2D eigenvalue weighted by Gasteiger charge is -2.33. The Balaban J connectivity index is 1.58. The molecule has 8 nitrogen and oxygen atoms in total. The van der Waals surface area contributed by atoms with Crippen LogP contribution in [-0.2, 0) is 26.2 Å². The van der Waals surface area contributed by atoms with Crippen LogP contribution in [-0.4, -0.2) is 52.1 Å². The first-order chi connectivity index (χ1) is 15.9. The highest BCUT2D eigenvalue weighted by Gasteiger charge is 2.38. The van der Waals surface area contributed by atoms with Crippen molar-refractivity contribution in [2.24, 2.45) is 0 Å². The SMILES string of the molecule is COc1cc(NS(=O)(=O)N2CCCCC2C(=O)OCCCCc2ccccc2)cc(OC)c1. The number of anilines is 1. The number of hydrogen-bond donors (Lipinski definition) is 1. The molecule has 0 saturated carbocycles. The Kier molecular flexibility index (Phi) is 8.96. The zero-order valence-corrected chi connectivity index (χ0v) is 20.0. The van der Waals surface area contributed by atoms with E-state index in [0.29, 0.717) is 30.0 Å². The van der Waals surface area contributed by atoms with Crippen LogP contribution < -0.4 is 14.2 Å². The highest BCUT2D eigenvalue weighted by atomic mass is 32.2. The number of unbranched alkanes of at least 4 members (excludes halogenated alkanes) is 1. The normalized spacial score (nSPS) is 16.7. The zero-order valence-electron chi connectivity index (χ0n) is 19.2. The zero-order chi connectivity index (χ0) is 23.7. The molecule has 0 spiro atoms. The van der Waals surface area contributed by atoms with Crippen molar-refractivity contribution in [3.8, 4) is 11.5 Å². The van der Waals surface area contributed by atoms with Gasteiger partial charge in [-0.1, -0.05) is 30.3 Å². The number of methoxy groups -OCH3 is 2. The fraction of sp³-hybridized carbons (Fsp3) is 0.458. The Bertz CT molecular complexity index is 991. The van der Waals surface area contributed by atoms with Gasteiger partial charge < -0.3 is 14.2 Å². The van der Waals surface area contributed by atoms with Crippen LogP contribution >= 0.6 is 0 Å². The van der Waals surface area contributed by atoms with Crippen molar-refractivity contribution in [1.29, 1.82) is 0 Å². The second-order valence-electron chi connectivity index (χ2n) is 7.94. The van der Waals surface area contributed by atoms with Crippen molar-refractivity contribution < 1.29 is 27.4 Å². The van der Waals surface area contributed by atoms with Crippen molar-refractivity contribution in [1.82, 2.24) is 4.31 Å². The molecule has 0 aliphatic carbocycles. The summed E-state index contributed by atoms with van der Waals surface area (Å²) >= 11 is 0. The number of aryl methyl sites for hydroxylation is 1. The summed E-state index contributed by atoms with van der Waals surface area (Å²) in [6.45, 7) is 0.529. The van der Waals surface area contributed by atoms with E-state index >= 15 is 0 Å². The van der Waals surface area contributed by atoms with Gasteiger partial charge in [0.2, 0.25) is 0 Å². The molecule has 1 fully saturated rings. The number of carbonyl (C=O) groups is 1. The number of benzene rings is 2. The summed E-state index contributed by atoms with van der Waals surface area (Å²) < 4.78 is 45.9. The average Bonchev–Trinajstić information content (AvgIpc) is 2.83. The molecule has 1 unspecified atom stereocenters. The van der Waals surface area contributed by atoms with E-state index in [4.69, 9.17) is 14.2 Å². The topological polar surface area (TPSA) is 94.2 Å². The second kappa shape index (κ2) is 11.9. The van der Waals surface area contributed by atoms with Crippen molar-refractivity contribution >= 4 is 21.9 Å². The summed E-state index contributed by atoms with van der Waals surface area (Å²) in [5, 5.41) is 0. The first-order valence-electron chi connectivity index (χ1n) is 11.2. The molecule has 1 N–H and O–H groups in total. The van der Waals surface area contributed by atoms with Gasteiger partial charge in [-0.2, -0.15) is 12.7 Å². The maximum atomic E-state index is 13.1. The lowest BCUT2D eigenvalue weighted by atomic mass is 10.1. The first-order valence-corrected chi connectivity index (χ1v) is 12.6. The van der Waals surface area contributed by atoms with Gasteiger partial charge >= 0.3 is 16.2 Å². The molecule has 0 amide bonds. The Hall–Kier alpha value is -2.78. The maximum absolute atomic E-state index is 13.1. The minimum Gasteiger partial charge on any atom is -0.497 e. The molecule has 9 heteroatoms. The van der Waals surface area contributed by atoms with Crippen molar-refractivity contribution in [3.05, 3.63) is 54.1 Å². The van der Waals surface area contributed by atoms with E-state index in [1.54, 1.807) is 18.2 Å². The number of nitrogens with zero attached hydrogens (tertiary/aromatic N) is 1. The Morgan fingerprint density at radius 2 is 1.73 bits per heavy atom. The van der Waals surface area contributed by atoms with Crippen molar-refractivity contribution in [2.45, 2.75) is 44.6 Å². The molecule has 2 aromatic rings. The number of nitrogens with one attached hydrogen (secondary N) is 1. The molecule has 1 aliphatic rings. The number of piperidine rings is 1. The predicted molar refractivity (Wildman–Crippen MR) is 127 cm³/mol. The predicted octanol–water partition coefficient (Wildman–Crippen LogP) is 3.78. The number of esters is 1. The van der Waals surface area contributed by atoms with Gasteiger partial charge in [0.15, 0.2) is 0 Å². The van der Waals surface area contributed by atoms with Gasteiger partial charge in [0, 0.05) is 24.7 Å². The monoisotopic (exact) mass is 476 g/mol. The molecule has 0 bridgehead atoms. The molecular formula is C24H32N2O6S. The Labute approximate surface area is 196 Å². The smallest absolute Gasteiger partial charge is 0.324 e. The molecular weight excluding hydrogens is 444 g/mol. The Morgan fingerprint density at radius 3 is 2.39 bits per heavy atom. The summed E-state index contributed by atoms with van der Waals surface area (Å²) in [5.41, 5.74) is 1.54. The third-order valence-electron chi connectivity index (χ3n) is 5.58. The third kappa shape index (κ3) is 7.10. The summed E-state index contributed by atoms with van der Waals surface area (Å²) in [7, 11) is -1.00. The lowest BCUT2D eigenvalue weighted by Crippen LogP contribution is -2.50. The van der Waals surface area contributed by atoms with Gasteiger partial charge in [0.05, 0.1) is 26.5 Å². The molecule has 0 aromatic heterocycles. The van der Waals surface area contributed by atoms with Crippen LogP contribution in [0.4, 0.5) is 5.69 Å². The fourth-order valence-electron chi connectivity index (χ4n) is 3.85. The largest absolute Gasteiger partial charge is 0.497 e. The van der Waals surface area contributed by atoms with Crippen molar-refractivity contribution in [3.63, 3.8) is 0 Å². The van der Waals surface area contributed by atoms with Crippen LogP contribution in [0.15, 0.2) is 48.5 Å². The van der Waals surface area contributed by atoms with Crippen LogP contribution in [0, 0.1) is 0 Å². The molecule has 0 radical (unpaired) electrons. The number of hydrogen-bond acceptors (Lipinski definition) is 6. The van der Waals surface area contributed by atoms with Crippen molar-refractivity contribution in [2.75, 3.05) is 32.1 Å². The van der Waals surface area contributed by atoms with Crippen LogP contribution in [0.3, 0.4) is 0 Å². The van der Waals surface area contributed by atoms with E-state index in [1.807, 2.05) is 18.2 Å². The van der Waals surface area contributed by atoms with E-state index in [9.17, 15) is 13.2 Å². The fourth-order valence-corrected chi connectivity index (χ4v) is 5.28. The Morgan fingerprint density at radius 1 is 1.03 bits per heavy atom. The molecule has 3 rings (SSSR count). The minimum absolute atomic E-state index is 0.254. The molecule has 1 heterocycles. The first kappa shape index (κ1) is 24.9. The van der Waals surface area contributed by atoms with Gasteiger partial charge in [0.25, 0.3) is 0 Å². The standard InChI is InChI=1S/C24H32N2O6S/c1-30-21-16-20(17-22(18-21)31-2)25-33(28,29)26-14-8-6-13-23(26)24(27)32-15-9-7-12-19-10-4-3-5-11-19/h3-5,10-11,16-18,23,25H,6-9,12-15H2,1-2H3. The quantitative estimate of drug-likeness (QED) is 0.392. The summed E-state index contributed by atoms with van der Waals surface area (Å²) in [6.07, 6.45) is 4.42. The highest BCUT2D eigenvalue weighted by Crippen LogP contribution is 2.28. The van der Waals surface area contributed by atoms with Crippen LogP contribution in [0.25, 0.3) is 0 Å². The van der Waals surface area contributed by atoms with Crippen LogP contribution in [0.5, 0.6) is 11.5 Å². The van der Waals surface area contributed by atoms with E-state index in [0.717, 1.165) is 25.7 Å². The van der Waals surface area contributed by atoms with Crippen LogP contribution in [0.2, 0.25) is 0 Å². The van der Waals surface area contributed by atoms with Gasteiger partial charge in [-0.15, -0.1) is 0 Å². The van der Waals surface area contributed by atoms with E-state index in [2.05, 4.69) is 16.9 Å². The van der Waals surface area contributed by atoms with Gasteiger partial charge in [-0.05, 0) is 44.1 Å². The van der Waals surface area contributed by atoms with E-state index in [1.165, 1.54) is 24.1 Å². The summed E-state index contributed by atoms with van der Waals surface area (Å²) in [4.78, 5) is 12.7. The summed E-state index contributed by atoms with van der Waals surface area (Å²) in [6, 6.07) is 14.1. The van der Waals surface area contributed by atoms with Gasteiger partial charge in [-0.3, -0.25) is 9.52 Å². The highest BCUT2D eigenvalue weighted by molar-refractivity contribution is 7.90.